The van der Waals surface area contributed by atoms with Gasteiger partial charge in [0.05, 0.1) is 0 Å². The molecule has 1 aromatic carbocycles. The molecule has 2 unspecified atom stereocenters. The summed E-state index contributed by atoms with van der Waals surface area (Å²) in [7, 11) is 0. The molecule has 1 aromatic rings. The van der Waals surface area contributed by atoms with Gasteiger partial charge in [-0.15, -0.1) is 0 Å². The Morgan fingerprint density at radius 2 is 2.10 bits per heavy atom. The highest BCUT2D eigenvalue weighted by Crippen LogP contribution is 2.29. The minimum Gasteiger partial charge on any atom is -0.329 e. The molecule has 0 amide bonds. The van der Waals surface area contributed by atoms with Crippen LogP contribution in [-0.2, 0) is 0 Å². The molecule has 2 heterocycles. The van der Waals surface area contributed by atoms with Gasteiger partial charge in [0, 0.05) is 31.7 Å². The Morgan fingerprint density at radius 3 is 2.86 bits per heavy atom. The predicted molar refractivity (Wildman–Crippen MR) is 83.7 cm³/mol. The van der Waals surface area contributed by atoms with Gasteiger partial charge in [0.25, 0.3) is 0 Å². The first-order chi connectivity index (χ1) is 10.2. The van der Waals surface area contributed by atoms with Crippen molar-refractivity contribution in [2.45, 2.75) is 38.3 Å². The third-order valence-electron chi connectivity index (χ3n) is 5.09. The summed E-state index contributed by atoms with van der Waals surface area (Å²) < 4.78 is 13.3. The van der Waals surface area contributed by atoms with E-state index < -0.39 is 0 Å². The molecule has 116 valence electrons. The number of hydrogen-bond acceptors (Lipinski definition) is 3. The second-order valence-corrected chi connectivity index (χ2v) is 6.43. The first-order valence-electron chi connectivity index (χ1n) is 8.13. The van der Waals surface area contributed by atoms with Gasteiger partial charge in [-0.3, -0.25) is 9.80 Å². The van der Waals surface area contributed by atoms with Crippen molar-refractivity contribution < 1.29 is 4.39 Å². The second-order valence-electron chi connectivity index (χ2n) is 6.43. The summed E-state index contributed by atoms with van der Waals surface area (Å²) in [4.78, 5) is 5.15. The van der Waals surface area contributed by atoms with Crippen LogP contribution in [-0.4, -0.2) is 48.6 Å². The van der Waals surface area contributed by atoms with Gasteiger partial charge in [-0.1, -0.05) is 6.07 Å². The highest BCUT2D eigenvalue weighted by atomic mass is 19.1. The lowest BCUT2D eigenvalue weighted by molar-refractivity contribution is 0.175. The molecule has 2 saturated heterocycles. The van der Waals surface area contributed by atoms with Gasteiger partial charge in [0.15, 0.2) is 0 Å². The van der Waals surface area contributed by atoms with Crippen LogP contribution in [0.4, 0.5) is 4.39 Å². The van der Waals surface area contributed by atoms with Crippen molar-refractivity contribution >= 4 is 0 Å². The Hall–Kier alpha value is -0.970. The second kappa shape index (κ2) is 6.42. The molecule has 0 radical (unpaired) electrons. The summed E-state index contributed by atoms with van der Waals surface area (Å²) in [5.41, 5.74) is 8.28. The van der Waals surface area contributed by atoms with E-state index in [-0.39, 0.29) is 11.9 Å². The Balaban J connectivity index is 1.81. The molecule has 2 fully saturated rings. The first-order valence-corrected chi connectivity index (χ1v) is 8.13. The zero-order valence-electron chi connectivity index (χ0n) is 12.9. The van der Waals surface area contributed by atoms with E-state index in [4.69, 9.17) is 5.73 Å². The fraction of sp³-hybridized carbons (Fsp3) is 0.647. The SMILES string of the molecule is Cc1cc(F)ccc1C(CN)N1CCCN2CCCC2C1. The summed E-state index contributed by atoms with van der Waals surface area (Å²) in [6.07, 6.45) is 3.82. The molecule has 0 aromatic heterocycles. The van der Waals surface area contributed by atoms with E-state index in [0.717, 1.165) is 18.7 Å². The molecule has 2 aliphatic heterocycles. The van der Waals surface area contributed by atoms with E-state index in [2.05, 4.69) is 9.80 Å². The van der Waals surface area contributed by atoms with Crippen molar-refractivity contribution in [3.63, 3.8) is 0 Å². The van der Waals surface area contributed by atoms with Crippen molar-refractivity contribution in [3.05, 3.63) is 35.1 Å². The average Bonchev–Trinajstić information content (AvgIpc) is 2.80. The molecule has 21 heavy (non-hydrogen) atoms. The molecule has 2 atom stereocenters. The Morgan fingerprint density at radius 1 is 1.29 bits per heavy atom. The summed E-state index contributed by atoms with van der Waals surface area (Å²) >= 11 is 0. The molecule has 4 heteroatoms. The minimum atomic E-state index is -0.162. The predicted octanol–water partition coefficient (Wildman–Crippen LogP) is 2.30. The van der Waals surface area contributed by atoms with E-state index in [1.165, 1.54) is 37.9 Å². The van der Waals surface area contributed by atoms with Crippen molar-refractivity contribution in [2.75, 3.05) is 32.7 Å². The van der Waals surface area contributed by atoms with Gasteiger partial charge < -0.3 is 5.73 Å². The van der Waals surface area contributed by atoms with Crippen molar-refractivity contribution in [3.8, 4) is 0 Å². The summed E-state index contributed by atoms with van der Waals surface area (Å²) in [6.45, 7) is 7.23. The van der Waals surface area contributed by atoms with Crippen LogP contribution >= 0.6 is 0 Å². The highest BCUT2D eigenvalue weighted by molar-refractivity contribution is 5.30. The zero-order valence-corrected chi connectivity index (χ0v) is 12.9. The standard InChI is InChI=1S/C17H26FN3/c1-13-10-14(18)5-6-16(13)17(11-19)21-9-3-8-20-7-2-4-15(20)12-21/h5-6,10,15,17H,2-4,7-9,11-12,19H2,1H3. The number of hydrogen-bond donors (Lipinski definition) is 1. The van der Waals surface area contributed by atoms with E-state index in [1.54, 1.807) is 12.1 Å². The summed E-state index contributed by atoms with van der Waals surface area (Å²) in [5.74, 6) is -0.162. The highest BCUT2D eigenvalue weighted by Gasteiger charge is 2.31. The van der Waals surface area contributed by atoms with Crippen LogP contribution in [0.5, 0.6) is 0 Å². The van der Waals surface area contributed by atoms with Gasteiger partial charge in [-0.05, 0) is 62.5 Å². The number of nitrogens with zero attached hydrogens (tertiary/aromatic N) is 2. The quantitative estimate of drug-likeness (QED) is 0.927. The van der Waals surface area contributed by atoms with E-state index in [1.807, 2.05) is 13.0 Å². The first kappa shape index (κ1) is 14.9. The van der Waals surface area contributed by atoms with Crippen LogP contribution < -0.4 is 5.73 Å². The number of nitrogens with two attached hydrogens (primary N) is 1. The lowest BCUT2D eigenvalue weighted by Gasteiger charge is -2.33. The van der Waals surface area contributed by atoms with Gasteiger partial charge in [-0.2, -0.15) is 0 Å². The van der Waals surface area contributed by atoms with Crippen LogP contribution in [0.2, 0.25) is 0 Å². The molecule has 0 spiro atoms. The average molecular weight is 291 g/mol. The number of fused-ring (bicyclic) bond motifs is 1. The number of rotatable bonds is 3. The van der Waals surface area contributed by atoms with Crippen molar-refractivity contribution in [1.29, 1.82) is 0 Å². The maximum Gasteiger partial charge on any atom is 0.123 e. The van der Waals surface area contributed by atoms with E-state index >= 15 is 0 Å². The number of benzene rings is 1. The molecule has 3 rings (SSSR count). The molecule has 3 nitrogen and oxygen atoms in total. The van der Waals surface area contributed by atoms with Gasteiger partial charge in [0.2, 0.25) is 0 Å². The molecule has 2 N–H and O–H groups in total. The Kier molecular flexibility index (Phi) is 4.57. The largest absolute Gasteiger partial charge is 0.329 e. The van der Waals surface area contributed by atoms with E-state index in [0.29, 0.717) is 12.6 Å². The van der Waals surface area contributed by atoms with E-state index in [9.17, 15) is 4.39 Å². The smallest absolute Gasteiger partial charge is 0.123 e. The van der Waals surface area contributed by atoms with Crippen LogP contribution in [0, 0.1) is 12.7 Å². The van der Waals surface area contributed by atoms with Crippen molar-refractivity contribution in [1.82, 2.24) is 9.80 Å². The van der Waals surface area contributed by atoms with Crippen LogP contribution in [0.1, 0.15) is 36.4 Å². The summed E-state index contributed by atoms with van der Waals surface area (Å²) in [5, 5.41) is 0. The zero-order chi connectivity index (χ0) is 14.8. The normalized spacial score (nSPS) is 25.6. The monoisotopic (exact) mass is 291 g/mol. The Labute approximate surface area is 126 Å². The fourth-order valence-corrected chi connectivity index (χ4v) is 4.00. The van der Waals surface area contributed by atoms with Crippen molar-refractivity contribution in [2.24, 2.45) is 5.73 Å². The Bertz CT molecular complexity index is 491. The molecule has 2 aliphatic rings. The molecule has 0 bridgehead atoms. The fourth-order valence-electron chi connectivity index (χ4n) is 4.00. The van der Waals surface area contributed by atoms with Crippen LogP contribution in [0.3, 0.4) is 0 Å². The molecule has 0 aliphatic carbocycles. The van der Waals surface area contributed by atoms with Crippen LogP contribution in [0.25, 0.3) is 0 Å². The third-order valence-corrected chi connectivity index (χ3v) is 5.09. The maximum absolute atomic E-state index is 13.3. The topological polar surface area (TPSA) is 32.5 Å². The van der Waals surface area contributed by atoms with Crippen LogP contribution in [0.15, 0.2) is 18.2 Å². The molecule has 0 saturated carbocycles. The van der Waals surface area contributed by atoms with Gasteiger partial charge in [-0.25, -0.2) is 4.39 Å². The van der Waals surface area contributed by atoms with Gasteiger partial charge >= 0.3 is 0 Å². The van der Waals surface area contributed by atoms with Gasteiger partial charge in [0.1, 0.15) is 5.82 Å². The number of aryl methyl sites for hydroxylation is 1. The lowest BCUT2D eigenvalue weighted by atomic mass is 9.99. The maximum atomic E-state index is 13.3. The lowest BCUT2D eigenvalue weighted by Crippen LogP contribution is -2.40. The summed E-state index contributed by atoms with van der Waals surface area (Å²) in [6, 6.07) is 6.00. The number of halogens is 1. The molecular formula is C17H26FN3. The molecular weight excluding hydrogens is 265 g/mol. The third kappa shape index (κ3) is 3.12. The minimum absolute atomic E-state index is 0.162.